The maximum atomic E-state index is 6.19. The van der Waals surface area contributed by atoms with Crippen molar-refractivity contribution in [3.8, 4) is 0 Å². The third-order valence-corrected chi connectivity index (χ3v) is 3.96. The van der Waals surface area contributed by atoms with Crippen LogP contribution in [0.15, 0.2) is 24.3 Å². The van der Waals surface area contributed by atoms with Gasteiger partial charge in [0.2, 0.25) is 0 Å². The molecule has 1 aromatic carbocycles. The van der Waals surface area contributed by atoms with Crippen LogP contribution in [0.4, 0.5) is 0 Å². The van der Waals surface area contributed by atoms with Crippen LogP contribution in [0.3, 0.4) is 0 Å². The number of nitrogens with two attached hydrogens (primary N) is 1. The van der Waals surface area contributed by atoms with Crippen LogP contribution in [0.2, 0.25) is 5.02 Å². The number of rotatable bonds is 6. The van der Waals surface area contributed by atoms with Gasteiger partial charge in [-0.05, 0) is 37.4 Å². The minimum atomic E-state index is 0.411. The average molecular weight is 283 g/mol. The van der Waals surface area contributed by atoms with Crippen LogP contribution in [-0.2, 0) is 11.3 Å². The van der Waals surface area contributed by atoms with E-state index in [1.54, 1.807) is 0 Å². The summed E-state index contributed by atoms with van der Waals surface area (Å²) in [6.07, 6.45) is 3.58. The van der Waals surface area contributed by atoms with Crippen molar-refractivity contribution in [3.63, 3.8) is 0 Å². The molecule has 1 aliphatic rings. The highest BCUT2D eigenvalue weighted by Crippen LogP contribution is 2.20. The summed E-state index contributed by atoms with van der Waals surface area (Å²) < 4.78 is 5.81. The Labute approximate surface area is 120 Å². The van der Waals surface area contributed by atoms with Crippen molar-refractivity contribution in [2.24, 2.45) is 5.73 Å². The summed E-state index contributed by atoms with van der Waals surface area (Å²) in [4.78, 5) is 2.45. The Morgan fingerprint density at radius 2 is 2.00 bits per heavy atom. The second kappa shape index (κ2) is 7.85. The molecule has 1 aliphatic heterocycles. The maximum absolute atomic E-state index is 6.19. The van der Waals surface area contributed by atoms with Crippen molar-refractivity contribution in [1.82, 2.24) is 4.90 Å². The van der Waals surface area contributed by atoms with Gasteiger partial charge in [0.05, 0.1) is 6.10 Å². The molecular formula is C15H23ClN2O. The number of hydrogen-bond acceptors (Lipinski definition) is 3. The molecule has 106 valence electrons. The SMILES string of the molecule is NCCCOC1CCN(Cc2ccccc2Cl)CC1. The van der Waals surface area contributed by atoms with Gasteiger partial charge in [0.1, 0.15) is 0 Å². The van der Waals surface area contributed by atoms with Crippen molar-refractivity contribution in [3.05, 3.63) is 34.9 Å². The maximum Gasteiger partial charge on any atom is 0.0599 e. The van der Waals surface area contributed by atoms with Crippen molar-refractivity contribution in [1.29, 1.82) is 0 Å². The van der Waals surface area contributed by atoms with Crippen LogP contribution in [-0.4, -0.2) is 37.2 Å². The molecule has 1 heterocycles. The zero-order valence-electron chi connectivity index (χ0n) is 11.4. The minimum Gasteiger partial charge on any atom is -0.378 e. The summed E-state index contributed by atoms with van der Waals surface area (Å²) >= 11 is 6.19. The van der Waals surface area contributed by atoms with E-state index in [0.29, 0.717) is 12.6 Å². The lowest BCUT2D eigenvalue weighted by atomic mass is 10.1. The topological polar surface area (TPSA) is 38.5 Å². The Balaban J connectivity index is 1.73. The molecule has 0 aromatic heterocycles. The Morgan fingerprint density at radius 1 is 1.26 bits per heavy atom. The Morgan fingerprint density at radius 3 is 2.68 bits per heavy atom. The molecule has 0 aliphatic carbocycles. The first-order chi connectivity index (χ1) is 9.29. The van der Waals surface area contributed by atoms with Crippen LogP contribution in [0, 0.1) is 0 Å². The van der Waals surface area contributed by atoms with Gasteiger partial charge in [0.25, 0.3) is 0 Å². The van der Waals surface area contributed by atoms with E-state index in [0.717, 1.165) is 50.5 Å². The lowest BCUT2D eigenvalue weighted by Gasteiger charge is -2.32. The van der Waals surface area contributed by atoms with E-state index >= 15 is 0 Å². The minimum absolute atomic E-state index is 0.411. The van der Waals surface area contributed by atoms with E-state index in [1.807, 2.05) is 18.2 Å². The van der Waals surface area contributed by atoms with Crippen LogP contribution in [0.5, 0.6) is 0 Å². The highest BCUT2D eigenvalue weighted by molar-refractivity contribution is 6.31. The summed E-state index contributed by atoms with van der Waals surface area (Å²) in [7, 11) is 0. The van der Waals surface area contributed by atoms with Gasteiger partial charge in [0, 0.05) is 31.3 Å². The third kappa shape index (κ3) is 4.77. The molecular weight excluding hydrogens is 260 g/mol. The average Bonchev–Trinajstić information content (AvgIpc) is 2.44. The molecule has 1 aromatic rings. The third-order valence-electron chi connectivity index (χ3n) is 3.59. The summed E-state index contributed by atoms with van der Waals surface area (Å²) in [5.41, 5.74) is 6.68. The van der Waals surface area contributed by atoms with Crippen LogP contribution >= 0.6 is 11.6 Å². The first kappa shape index (κ1) is 14.8. The number of piperidine rings is 1. The van der Waals surface area contributed by atoms with Crippen LogP contribution in [0.25, 0.3) is 0 Å². The summed E-state index contributed by atoms with van der Waals surface area (Å²) in [6, 6.07) is 8.08. The van der Waals surface area contributed by atoms with Crippen LogP contribution in [0.1, 0.15) is 24.8 Å². The van der Waals surface area contributed by atoms with Crippen molar-refractivity contribution in [2.75, 3.05) is 26.2 Å². The van der Waals surface area contributed by atoms with Crippen molar-refractivity contribution in [2.45, 2.75) is 31.9 Å². The molecule has 0 amide bonds. The quantitative estimate of drug-likeness (QED) is 0.816. The van der Waals surface area contributed by atoms with E-state index < -0.39 is 0 Å². The molecule has 0 saturated carbocycles. The van der Waals surface area contributed by atoms with Crippen molar-refractivity contribution < 1.29 is 4.74 Å². The normalized spacial score (nSPS) is 17.8. The van der Waals surface area contributed by atoms with Crippen molar-refractivity contribution >= 4 is 11.6 Å². The molecule has 0 spiro atoms. The Kier molecular flexibility index (Phi) is 6.11. The van der Waals surface area contributed by atoms with E-state index in [-0.39, 0.29) is 0 Å². The molecule has 0 radical (unpaired) electrons. The molecule has 1 fully saturated rings. The molecule has 19 heavy (non-hydrogen) atoms. The second-order valence-electron chi connectivity index (χ2n) is 5.08. The number of benzene rings is 1. The number of nitrogens with zero attached hydrogens (tertiary/aromatic N) is 1. The fraction of sp³-hybridized carbons (Fsp3) is 0.600. The Hall–Kier alpha value is -0.610. The Bertz CT molecular complexity index is 378. The number of likely N-dealkylation sites (tertiary alicyclic amines) is 1. The van der Waals surface area contributed by atoms with Gasteiger partial charge in [-0.2, -0.15) is 0 Å². The van der Waals surface area contributed by atoms with E-state index in [9.17, 15) is 0 Å². The summed E-state index contributed by atoms with van der Waals surface area (Å²) in [6.45, 7) is 4.61. The first-order valence-corrected chi connectivity index (χ1v) is 7.45. The second-order valence-corrected chi connectivity index (χ2v) is 5.49. The van der Waals surface area contributed by atoms with Crippen LogP contribution < -0.4 is 5.73 Å². The zero-order chi connectivity index (χ0) is 13.5. The molecule has 0 bridgehead atoms. The molecule has 2 rings (SSSR count). The molecule has 0 unspecified atom stereocenters. The van der Waals surface area contributed by atoms with E-state index in [1.165, 1.54) is 5.56 Å². The lowest BCUT2D eigenvalue weighted by molar-refractivity contribution is 0.00564. The van der Waals surface area contributed by atoms with Gasteiger partial charge in [-0.25, -0.2) is 0 Å². The molecule has 0 atom stereocenters. The highest BCUT2D eigenvalue weighted by Gasteiger charge is 2.19. The number of hydrogen-bond donors (Lipinski definition) is 1. The number of ether oxygens (including phenoxy) is 1. The number of halogens is 1. The molecule has 2 N–H and O–H groups in total. The highest BCUT2D eigenvalue weighted by atomic mass is 35.5. The van der Waals surface area contributed by atoms with E-state index in [4.69, 9.17) is 22.1 Å². The fourth-order valence-electron chi connectivity index (χ4n) is 2.43. The zero-order valence-corrected chi connectivity index (χ0v) is 12.1. The molecule has 1 saturated heterocycles. The summed E-state index contributed by atoms with van der Waals surface area (Å²) in [5.74, 6) is 0. The predicted octanol–water partition coefficient (Wildman–Crippen LogP) is 2.67. The van der Waals surface area contributed by atoms with Gasteiger partial charge >= 0.3 is 0 Å². The molecule has 4 heteroatoms. The molecule has 3 nitrogen and oxygen atoms in total. The first-order valence-electron chi connectivity index (χ1n) is 7.07. The van der Waals surface area contributed by atoms with Gasteiger partial charge in [-0.1, -0.05) is 29.8 Å². The summed E-state index contributed by atoms with van der Waals surface area (Å²) in [5, 5.41) is 0.865. The van der Waals surface area contributed by atoms with Gasteiger partial charge < -0.3 is 10.5 Å². The standard InChI is InChI=1S/C15H23ClN2O/c16-15-5-2-1-4-13(15)12-18-9-6-14(7-10-18)19-11-3-8-17/h1-2,4-5,14H,3,6-12,17H2. The predicted molar refractivity (Wildman–Crippen MR) is 79.4 cm³/mol. The van der Waals surface area contributed by atoms with Gasteiger partial charge in [0.15, 0.2) is 0 Å². The lowest BCUT2D eigenvalue weighted by Crippen LogP contribution is -2.36. The monoisotopic (exact) mass is 282 g/mol. The van der Waals surface area contributed by atoms with Gasteiger partial charge in [-0.15, -0.1) is 0 Å². The largest absolute Gasteiger partial charge is 0.378 e. The van der Waals surface area contributed by atoms with E-state index in [2.05, 4.69) is 11.0 Å². The fourth-order valence-corrected chi connectivity index (χ4v) is 2.63. The van der Waals surface area contributed by atoms with Gasteiger partial charge in [-0.3, -0.25) is 4.90 Å². The smallest absolute Gasteiger partial charge is 0.0599 e.